The van der Waals surface area contributed by atoms with Crippen LogP contribution in [0.2, 0.25) is 0 Å². The van der Waals surface area contributed by atoms with E-state index in [4.69, 9.17) is 0 Å². The summed E-state index contributed by atoms with van der Waals surface area (Å²) in [5.41, 5.74) is -0.340. The van der Waals surface area contributed by atoms with E-state index in [9.17, 15) is 14.4 Å². The number of rotatable bonds is 6. The first-order valence-electron chi connectivity index (χ1n) is 9.53. The summed E-state index contributed by atoms with van der Waals surface area (Å²) in [5, 5.41) is 5.69. The van der Waals surface area contributed by atoms with Crippen LogP contribution in [-0.2, 0) is 15.1 Å². The Morgan fingerprint density at radius 3 is 2.54 bits per heavy atom. The zero-order chi connectivity index (χ0) is 18.6. The van der Waals surface area contributed by atoms with Crippen molar-refractivity contribution in [2.45, 2.75) is 51.0 Å². The van der Waals surface area contributed by atoms with Gasteiger partial charge in [0.1, 0.15) is 12.1 Å². The van der Waals surface area contributed by atoms with Gasteiger partial charge >= 0.3 is 6.03 Å². The number of hydrogen-bond acceptors (Lipinski definition) is 3. The van der Waals surface area contributed by atoms with Crippen molar-refractivity contribution in [2.24, 2.45) is 5.92 Å². The van der Waals surface area contributed by atoms with Crippen LogP contribution in [-0.4, -0.2) is 35.8 Å². The molecule has 1 saturated heterocycles. The highest BCUT2D eigenvalue weighted by Gasteiger charge is 2.51. The lowest BCUT2D eigenvalue weighted by Gasteiger charge is -2.25. The molecule has 140 valence electrons. The lowest BCUT2D eigenvalue weighted by molar-refractivity contribution is -0.135. The Morgan fingerprint density at radius 2 is 1.88 bits per heavy atom. The Bertz CT molecular complexity index is 670. The number of amides is 4. The summed E-state index contributed by atoms with van der Waals surface area (Å²) in [6.07, 6.45) is 6.40. The van der Waals surface area contributed by atoms with Crippen LogP contribution in [0.1, 0.15) is 51.0 Å². The Balaban J connectivity index is 1.64. The van der Waals surface area contributed by atoms with Gasteiger partial charge in [0, 0.05) is 6.54 Å². The van der Waals surface area contributed by atoms with E-state index in [0.717, 1.165) is 23.3 Å². The van der Waals surface area contributed by atoms with Crippen molar-refractivity contribution in [2.75, 3.05) is 13.1 Å². The zero-order valence-corrected chi connectivity index (χ0v) is 15.3. The van der Waals surface area contributed by atoms with Crippen molar-refractivity contribution in [3.63, 3.8) is 0 Å². The van der Waals surface area contributed by atoms with Gasteiger partial charge in [-0.1, -0.05) is 56.5 Å². The third kappa shape index (κ3) is 3.59. The fourth-order valence-electron chi connectivity index (χ4n) is 3.98. The van der Waals surface area contributed by atoms with E-state index in [1.54, 1.807) is 0 Å². The van der Waals surface area contributed by atoms with Gasteiger partial charge in [0.05, 0.1) is 0 Å². The molecule has 1 atom stereocenters. The minimum Gasteiger partial charge on any atom is -0.354 e. The molecule has 0 radical (unpaired) electrons. The van der Waals surface area contributed by atoms with Gasteiger partial charge in [0.15, 0.2) is 0 Å². The molecule has 1 aliphatic heterocycles. The molecule has 1 aromatic carbocycles. The van der Waals surface area contributed by atoms with E-state index in [1.807, 2.05) is 37.3 Å². The average Bonchev–Trinajstić information content (AvgIpc) is 2.93. The van der Waals surface area contributed by atoms with Gasteiger partial charge in [-0.25, -0.2) is 4.79 Å². The van der Waals surface area contributed by atoms with Crippen LogP contribution < -0.4 is 10.6 Å². The SMILES string of the molecule is CC[C@@]1(c2ccccc2)NC(=O)N(CC(=O)NCC2CCCCC2)C1=O. The molecule has 0 unspecified atom stereocenters. The van der Waals surface area contributed by atoms with Gasteiger partial charge < -0.3 is 10.6 Å². The highest BCUT2D eigenvalue weighted by Crippen LogP contribution is 2.32. The first-order chi connectivity index (χ1) is 12.6. The van der Waals surface area contributed by atoms with E-state index in [2.05, 4.69) is 10.6 Å². The highest BCUT2D eigenvalue weighted by molar-refractivity contribution is 6.09. The van der Waals surface area contributed by atoms with Gasteiger partial charge in [-0.2, -0.15) is 0 Å². The summed E-state index contributed by atoms with van der Waals surface area (Å²) in [6, 6.07) is 8.69. The lowest BCUT2D eigenvalue weighted by atomic mass is 9.87. The zero-order valence-electron chi connectivity index (χ0n) is 15.3. The smallest absolute Gasteiger partial charge is 0.325 e. The summed E-state index contributed by atoms with van der Waals surface area (Å²) >= 11 is 0. The quantitative estimate of drug-likeness (QED) is 0.768. The second-order valence-corrected chi connectivity index (χ2v) is 7.25. The maximum absolute atomic E-state index is 13.0. The third-order valence-electron chi connectivity index (χ3n) is 5.59. The first-order valence-corrected chi connectivity index (χ1v) is 9.53. The van der Waals surface area contributed by atoms with E-state index in [0.29, 0.717) is 18.9 Å². The van der Waals surface area contributed by atoms with Crippen LogP contribution in [0.15, 0.2) is 30.3 Å². The summed E-state index contributed by atoms with van der Waals surface area (Å²) < 4.78 is 0. The van der Waals surface area contributed by atoms with E-state index in [1.165, 1.54) is 19.3 Å². The van der Waals surface area contributed by atoms with Crippen LogP contribution in [0.5, 0.6) is 0 Å². The number of carbonyl (C=O) groups is 3. The predicted octanol–water partition coefficient (Wildman–Crippen LogP) is 2.54. The largest absolute Gasteiger partial charge is 0.354 e. The highest BCUT2D eigenvalue weighted by atomic mass is 16.2. The molecule has 4 amide bonds. The summed E-state index contributed by atoms with van der Waals surface area (Å²) in [6.45, 7) is 2.25. The van der Waals surface area contributed by atoms with Crippen molar-refractivity contribution in [1.82, 2.24) is 15.5 Å². The standard InChI is InChI=1S/C20H27N3O3/c1-2-20(16-11-7-4-8-12-16)18(25)23(19(26)22-20)14-17(24)21-13-15-9-5-3-6-10-15/h4,7-8,11-12,15H,2-3,5-6,9-10,13-14H2,1H3,(H,21,24)(H,22,26)/t20-/m0/s1. The molecule has 2 fully saturated rings. The molecule has 0 spiro atoms. The third-order valence-corrected chi connectivity index (χ3v) is 5.59. The Morgan fingerprint density at radius 1 is 1.19 bits per heavy atom. The molecule has 0 aromatic heterocycles. The van der Waals surface area contributed by atoms with Crippen molar-refractivity contribution in [1.29, 1.82) is 0 Å². The van der Waals surface area contributed by atoms with Gasteiger partial charge in [0.2, 0.25) is 5.91 Å². The molecule has 1 aromatic rings. The molecule has 1 saturated carbocycles. The van der Waals surface area contributed by atoms with Crippen molar-refractivity contribution < 1.29 is 14.4 Å². The summed E-state index contributed by atoms with van der Waals surface area (Å²) in [5.74, 6) is -0.127. The number of benzene rings is 1. The topological polar surface area (TPSA) is 78.5 Å². The maximum Gasteiger partial charge on any atom is 0.325 e. The van der Waals surface area contributed by atoms with Gasteiger partial charge in [-0.15, -0.1) is 0 Å². The van der Waals surface area contributed by atoms with Gasteiger partial charge in [-0.3, -0.25) is 14.5 Å². The number of nitrogens with one attached hydrogen (secondary N) is 2. The van der Waals surface area contributed by atoms with E-state index < -0.39 is 11.6 Å². The van der Waals surface area contributed by atoms with Crippen molar-refractivity contribution in [3.8, 4) is 0 Å². The van der Waals surface area contributed by atoms with Gasteiger partial charge in [-0.05, 0) is 30.7 Å². The molecule has 1 aliphatic carbocycles. The molecule has 3 rings (SSSR count). The van der Waals surface area contributed by atoms with Gasteiger partial charge in [0.25, 0.3) is 5.91 Å². The monoisotopic (exact) mass is 357 g/mol. The molecule has 6 heteroatoms. The molecule has 6 nitrogen and oxygen atoms in total. The maximum atomic E-state index is 13.0. The number of imide groups is 1. The van der Waals surface area contributed by atoms with Crippen LogP contribution in [0.25, 0.3) is 0 Å². The number of nitrogens with zero attached hydrogens (tertiary/aromatic N) is 1. The molecule has 26 heavy (non-hydrogen) atoms. The molecule has 2 N–H and O–H groups in total. The van der Waals surface area contributed by atoms with Crippen LogP contribution in [0.3, 0.4) is 0 Å². The van der Waals surface area contributed by atoms with Crippen LogP contribution in [0.4, 0.5) is 4.79 Å². The lowest BCUT2D eigenvalue weighted by Crippen LogP contribution is -2.45. The average molecular weight is 357 g/mol. The molecular formula is C20H27N3O3. The van der Waals surface area contributed by atoms with E-state index >= 15 is 0 Å². The fourth-order valence-corrected chi connectivity index (χ4v) is 3.98. The Kier molecular flexibility index (Phi) is 5.59. The molecule has 1 heterocycles. The number of hydrogen-bond donors (Lipinski definition) is 2. The van der Waals surface area contributed by atoms with Crippen LogP contribution >= 0.6 is 0 Å². The van der Waals surface area contributed by atoms with Crippen LogP contribution in [0, 0.1) is 5.92 Å². The number of carbonyl (C=O) groups excluding carboxylic acids is 3. The van der Waals surface area contributed by atoms with Crippen molar-refractivity contribution >= 4 is 17.8 Å². The molecular weight excluding hydrogens is 330 g/mol. The second-order valence-electron chi connectivity index (χ2n) is 7.25. The molecule has 0 bridgehead atoms. The number of urea groups is 1. The summed E-state index contributed by atoms with van der Waals surface area (Å²) in [4.78, 5) is 38.7. The molecule has 2 aliphatic rings. The normalized spacial score (nSPS) is 23.8. The van der Waals surface area contributed by atoms with E-state index in [-0.39, 0.29) is 18.4 Å². The Labute approximate surface area is 154 Å². The Hall–Kier alpha value is -2.37. The summed E-state index contributed by atoms with van der Waals surface area (Å²) in [7, 11) is 0. The van der Waals surface area contributed by atoms with Crippen molar-refractivity contribution in [3.05, 3.63) is 35.9 Å². The minimum absolute atomic E-state index is 0.230. The first kappa shape index (κ1) is 18.4. The predicted molar refractivity (Wildman–Crippen MR) is 98.2 cm³/mol. The fraction of sp³-hybridized carbons (Fsp3) is 0.550. The minimum atomic E-state index is -1.08. The second kappa shape index (κ2) is 7.89.